The van der Waals surface area contributed by atoms with Crippen LogP contribution in [0.25, 0.3) is 0 Å². The first-order valence-electron chi connectivity index (χ1n) is 7.12. The van der Waals surface area contributed by atoms with Crippen molar-refractivity contribution in [3.8, 4) is 5.75 Å². The molecule has 21 heavy (non-hydrogen) atoms. The van der Waals surface area contributed by atoms with E-state index in [1.165, 1.54) is 12.1 Å². The van der Waals surface area contributed by atoms with E-state index in [-0.39, 0.29) is 24.5 Å². The van der Waals surface area contributed by atoms with Gasteiger partial charge in [-0.3, -0.25) is 0 Å². The minimum absolute atomic E-state index is 0.130. The van der Waals surface area contributed by atoms with Crippen molar-refractivity contribution >= 4 is 0 Å². The molecule has 2 unspecified atom stereocenters. The Labute approximate surface area is 123 Å². The maximum absolute atomic E-state index is 13.9. The Bertz CT molecular complexity index is 460. The Morgan fingerprint density at radius 3 is 2.67 bits per heavy atom. The summed E-state index contributed by atoms with van der Waals surface area (Å²) in [5, 5.41) is 0. The quantitative estimate of drug-likeness (QED) is 0.896. The normalized spacial score (nSPS) is 21.3. The number of hydrogen-bond acceptors (Lipinski definition) is 4. The molecular weight excluding hydrogens is 278 g/mol. The first-order chi connectivity index (χ1) is 9.95. The second kappa shape index (κ2) is 7.15. The van der Waals surface area contributed by atoms with Crippen LogP contribution in [0.15, 0.2) is 12.1 Å². The first-order valence-corrected chi connectivity index (χ1v) is 7.12. The zero-order valence-corrected chi connectivity index (χ0v) is 12.4. The van der Waals surface area contributed by atoms with Crippen LogP contribution in [0.1, 0.15) is 12.5 Å². The average molecular weight is 300 g/mol. The maximum Gasteiger partial charge on any atom is 0.190 e. The number of benzene rings is 1. The van der Waals surface area contributed by atoms with Crippen LogP contribution in [0.5, 0.6) is 5.75 Å². The summed E-state index contributed by atoms with van der Waals surface area (Å²) in [6, 6.07) is 2.40. The Kier molecular flexibility index (Phi) is 5.50. The van der Waals surface area contributed by atoms with Crippen LogP contribution in [-0.2, 0) is 11.2 Å². The van der Waals surface area contributed by atoms with Crippen molar-refractivity contribution in [2.24, 2.45) is 5.73 Å². The number of halogens is 2. The fraction of sp³-hybridized carbons (Fsp3) is 0.600. The highest BCUT2D eigenvalue weighted by Crippen LogP contribution is 2.24. The van der Waals surface area contributed by atoms with E-state index in [9.17, 15) is 8.78 Å². The third kappa shape index (κ3) is 4.62. The number of hydrogen-bond donors (Lipinski definition) is 1. The number of nitrogens with two attached hydrogens (primary N) is 1. The van der Waals surface area contributed by atoms with Gasteiger partial charge in [0, 0.05) is 19.1 Å². The van der Waals surface area contributed by atoms with Crippen molar-refractivity contribution in [1.82, 2.24) is 4.90 Å². The second-order valence-corrected chi connectivity index (χ2v) is 5.64. The van der Waals surface area contributed by atoms with E-state index in [1.807, 2.05) is 7.05 Å². The van der Waals surface area contributed by atoms with Gasteiger partial charge in [0.15, 0.2) is 17.4 Å². The van der Waals surface area contributed by atoms with Gasteiger partial charge >= 0.3 is 0 Å². The fourth-order valence-corrected chi connectivity index (χ4v) is 2.38. The van der Waals surface area contributed by atoms with Gasteiger partial charge in [-0.15, -0.1) is 0 Å². The van der Waals surface area contributed by atoms with E-state index < -0.39 is 11.6 Å². The molecule has 1 fully saturated rings. The molecule has 0 saturated carbocycles. The average Bonchev–Trinajstić information content (AvgIpc) is 2.37. The van der Waals surface area contributed by atoms with Crippen molar-refractivity contribution in [3.63, 3.8) is 0 Å². The molecule has 0 aromatic heterocycles. The molecule has 2 N–H and O–H groups in total. The van der Waals surface area contributed by atoms with Crippen molar-refractivity contribution in [2.45, 2.75) is 25.5 Å². The number of likely N-dealkylation sites (N-methyl/N-ethyl adjacent to an activating group) is 1. The largest absolute Gasteiger partial charge is 0.485 e. The zero-order valence-electron chi connectivity index (χ0n) is 12.4. The Balaban J connectivity index is 1.99. The van der Waals surface area contributed by atoms with E-state index in [0.717, 1.165) is 6.54 Å². The summed E-state index contributed by atoms with van der Waals surface area (Å²) in [6.07, 6.45) is 0.247. The van der Waals surface area contributed by atoms with Gasteiger partial charge in [0.25, 0.3) is 0 Å². The van der Waals surface area contributed by atoms with Crippen LogP contribution in [0.2, 0.25) is 0 Å². The monoisotopic (exact) mass is 300 g/mol. The van der Waals surface area contributed by atoms with E-state index in [0.29, 0.717) is 25.1 Å². The first kappa shape index (κ1) is 16.1. The number of nitrogens with zero attached hydrogens (tertiary/aromatic N) is 1. The number of rotatable bonds is 5. The van der Waals surface area contributed by atoms with Crippen LogP contribution in [0.4, 0.5) is 8.78 Å². The highest BCUT2D eigenvalue weighted by atomic mass is 19.1. The Morgan fingerprint density at radius 2 is 2.10 bits per heavy atom. The lowest BCUT2D eigenvalue weighted by molar-refractivity contribution is -0.0413. The summed E-state index contributed by atoms with van der Waals surface area (Å²) in [7, 11) is 1.97. The van der Waals surface area contributed by atoms with Gasteiger partial charge in [0.2, 0.25) is 0 Å². The molecule has 1 aromatic carbocycles. The van der Waals surface area contributed by atoms with Gasteiger partial charge in [-0.05, 0) is 38.1 Å². The minimum Gasteiger partial charge on any atom is -0.485 e. The van der Waals surface area contributed by atoms with Crippen molar-refractivity contribution in [2.75, 3.05) is 33.4 Å². The third-order valence-corrected chi connectivity index (χ3v) is 3.37. The Hall–Kier alpha value is -1.24. The molecule has 0 aliphatic carbocycles. The minimum atomic E-state index is -0.699. The van der Waals surface area contributed by atoms with E-state index >= 15 is 0 Å². The van der Waals surface area contributed by atoms with Crippen LogP contribution >= 0.6 is 0 Å². The summed E-state index contributed by atoms with van der Waals surface area (Å²) >= 11 is 0. The molecule has 1 aliphatic rings. The van der Waals surface area contributed by atoms with Gasteiger partial charge in [-0.1, -0.05) is 0 Å². The summed E-state index contributed by atoms with van der Waals surface area (Å²) < 4.78 is 38.7. The molecule has 6 heteroatoms. The Morgan fingerprint density at radius 1 is 1.43 bits per heavy atom. The van der Waals surface area contributed by atoms with Crippen LogP contribution in [-0.4, -0.2) is 50.4 Å². The predicted octanol–water partition coefficient (Wildman–Crippen LogP) is 1.56. The summed E-state index contributed by atoms with van der Waals surface area (Å²) in [5.41, 5.74) is 6.16. The fourth-order valence-electron chi connectivity index (χ4n) is 2.38. The summed E-state index contributed by atoms with van der Waals surface area (Å²) in [4.78, 5) is 2.09. The molecule has 0 amide bonds. The maximum atomic E-state index is 13.9. The van der Waals surface area contributed by atoms with E-state index in [2.05, 4.69) is 4.90 Å². The number of morpholine rings is 1. The van der Waals surface area contributed by atoms with E-state index in [4.69, 9.17) is 15.2 Å². The highest BCUT2D eigenvalue weighted by molar-refractivity contribution is 5.31. The SMILES string of the molecule is CC(N)Cc1cc(F)c(OCC2CN(C)CCO2)c(F)c1. The molecule has 4 nitrogen and oxygen atoms in total. The molecule has 118 valence electrons. The van der Waals surface area contributed by atoms with Gasteiger partial charge in [0.1, 0.15) is 12.7 Å². The van der Waals surface area contributed by atoms with Crippen LogP contribution in [0.3, 0.4) is 0 Å². The summed E-state index contributed by atoms with van der Waals surface area (Å²) in [6.45, 7) is 4.06. The molecular formula is C15H22F2N2O2. The lowest BCUT2D eigenvalue weighted by Crippen LogP contribution is -2.42. The zero-order chi connectivity index (χ0) is 15.4. The topological polar surface area (TPSA) is 47.7 Å². The molecule has 1 aromatic rings. The third-order valence-electron chi connectivity index (χ3n) is 3.37. The molecule has 0 radical (unpaired) electrons. The second-order valence-electron chi connectivity index (χ2n) is 5.64. The lowest BCUT2D eigenvalue weighted by Gasteiger charge is -2.29. The standard InChI is InChI=1S/C15H22F2N2O2/c1-10(18)5-11-6-13(16)15(14(17)7-11)21-9-12-8-19(2)3-4-20-12/h6-7,10,12H,3-5,8-9,18H2,1-2H3. The highest BCUT2D eigenvalue weighted by Gasteiger charge is 2.20. The van der Waals surface area contributed by atoms with Crippen molar-refractivity contribution in [1.29, 1.82) is 0 Å². The molecule has 0 bridgehead atoms. The molecule has 2 atom stereocenters. The molecule has 0 spiro atoms. The van der Waals surface area contributed by atoms with Crippen LogP contribution < -0.4 is 10.5 Å². The van der Waals surface area contributed by atoms with Crippen LogP contribution in [0, 0.1) is 11.6 Å². The molecule has 1 saturated heterocycles. The van der Waals surface area contributed by atoms with Gasteiger partial charge in [0.05, 0.1) is 6.61 Å². The van der Waals surface area contributed by atoms with Crippen molar-refractivity contribution in [3.05, 3.63) is 29.3 Å². The van der Waals surface area contributed by atoms with E-state index in [1.54, 1.807) is 6.92 Å². The summed E-state index contributed by atoms with van der Waals surface area (Å²) in [5.74, 6) is -1.75. The molecule has 1 heterocycles. The smallest absolute Gasteiger partial charge is 0.190 e. The van der Waals surface area contributed by atoms with Gasteiger partial charge < -0.3 is 20.1 Å². The molecule has 1 aliphatic heterocycles. The van der Waals surface area contributed by atoms with Crippen molar-refractivity contribution < 1.29 is 18.3 Å². The number of ether oxygens (including phenoxy) is 2. The predicted molar refractivity (Wildman–Crippen MR) is 76.4 cm³/mol. The van der Waals surface area contributed by atoms with Gasteiger partial charge in [-0.25, -0.2) is 8.78 Å². The lowest BCUT2D eigenvalue weighted by atomic mass is 10.1. The van der Waals surface area contributed by atoms with Gasteiger partial charge in [-0.2, -0.15) is 0 Å². The molecule has 2 rings (SSSR count).